The van der Waals surface area contributed by atoms with E-state index < -0.39 is 15.8 Å². The molecule has 0 aliphatic rings. The van der Waals surface area contributed by atoms with Crippen molar-refractivity contribution in [1.82, 2.24) is 0 Å². The van der Waals surface area contributed by atoms with Crippen molar-refractivity contribution in [2.45, 2.75) is 3.93 Å². The molecule has 0 rings (SSSR count). The predicted molar refractivity (Wildman–Crippen MR) is 57.2 cm³/mol. The molecule has 50 valence electrons. The molecule has 8 heavy (non-hydrogen) atoms. The van der Waals surface area contributed by atoms with Crippen molar-refractivity contribution in [2.75, 3.05) is 0 Å². The van der Waals surface area contributed by atoms with Gasteiger partial charge in [-0.1, -0.05) is 0 Å². The first-order chi connectivity index (χ1) is 3.50. The van der Waals surface area contributed by atoms with Crippen LogP contribution in [0.25, 0.3) is 0 Å². The first-order valence-electron chi connectivity index (χ1n) is 1.55. The summed E-state index contributed by atoms with van der Waals surface area (Å²) in [6.45, 7) is 3.03. The Morgan fingerprint density at radius 1 is 1.50 bits per heavy atom. The Morgan fingerprint density at radius 3 is 1.88 bits per heavy atom. The minimum absolute atomic E-state index is 0.733. The Hall–Kier alpha value is 1.79. The van der Waals surface area contributed by atoms with Crippen LogP contribution in [0.4, 0.5) is 8.78 Å². The van der Waals surface area contributed by atoms with Crippen molar-refractivity contribution >= 4 is 49.1 Å². The summed E-state index contributed by atoms with van der Waals surface area (Å²) in [5.74, 6) is 0. The quantitative estimate of drug-likeness (QED) is 0.334. The minimum atomic E-state index is -2.56. The molecule has 5 heteroatoms. The zero-order valence-electron chi connectivity index (χ0n) is 3.67. The second-order valence-electron chi connectivity index (χ2n) is 0.943. The van der Waals surface area contributed by atoms with Crippen molar-refractivity contribution < 1.29 is 8.78 Å². The summed E-state index contributed by atoms with van der Waals surface area (Å²) in [5, 5.41) is 0. The van der Waals surface area contributed by atoms with Crippen molar-refractivity contribution in [1.29, 1.82) is 0 Å². The summed E-state index contributed by atoms with van der Waals surface area (Å²) in [5.41, 5.74) is 0. The molecule has 0 amide bonds. The van der Waals surface area contributed by atoms with Gasteiger partial charge in [-0.05, 0) is 0 Å². The molecule has 0 N–H and O–H groups in total. The predicted octanol–water partition coefficient (Wildman–Crippen LogP) is 3.97. The third kappa shape index (κ3) is 3.08. The summed E-state index contributed by atoms with van der Waals surface area (Å²) >= 11 is 1.57. The van der Waals surface area contributed by atoms with Gasteiger partial charge in [0.15, 0.2) is 0 Å². The molecule has 0 aromatic carbocycles. The van der Waals surface area contributed by atoms with Gasteiger partial charge in [-0.3, -0.25) is 0 Å². The maximum atomic E-state index is 12.2. The zero-order valence-corrected chi connectivity index (χ0v) is 10.1. The van der Waals surface area contributed by atoms with Crippen LogP contribution in [0.5, 0.6) is 0 Å². The van der Waals surface area contributed by atoms with E-state index in [9.17, 15) is 8.78 Å². The van der Waals surface area contributed by atoms with E-state index in [1.807, 2.05) is 37.2 Å². The molecule has 0 heterocycles. The van der Waals surface area contributed by atoms with Crippen molar-refractivity contribution in [3.05, 3.63) is 12.7 Å². The van der Waals surface area contributed by atoms with Gasteiger partial charge in [0.25, 0.3) is 0 Å². The van der Waals surface area contributed by atoms with Crippen molar-refractivity contribution in [2.24, 2.45) is 0 Å². The fourth-order valence-electron chi connectivity index (χ4n) is 0.0583. The molecule has 0 spiro atoms. The standard InChI is InChI=1S/C3H3F2I3/c1-2-3(4,5)8(6)7/h2H,1H2. The van der Waals surface area contributed by atoms with Gasteiger partial charge in [-0.25, -0.2) is 0 Å². The van der Waals surface area contributed by atoms with Gasteiger partial charge in [0.2, 0.25) is 0 Å². The van der Waals surface area contributed by atoms with Crippen molar-refractivity contribution in [3.63, 3.8) is 0 Å². The van der Waals surface area contributed by atoms with Crippen LogP contribution in [0.1, 0.15) is 0 Å². The Morgan fingerprint density at radius 2 is 1.88 bits per heavy atom. The average molecular weight is 458 g/mol. The number of hydrogen-bond donors (Lipinski definition) is 0. The molecule has 0 nitrogen and oxygen atoms in total. The molecular formula is C3H3F2I3. The molecule has 0 radical (unpaired) electrons. The summed E-state index contributed by atoms with van der Waals surface area (Å²) in [6.07, 6.45) is 0.733. The van der Waals surface area contributed by atoms with Crippen LogP contribution in [0.15, 0.2) is 12.7 Å². The number of rotatable bonds is 2. The fraction of sp³-hybridized carbons (Fsp3) is 0.333. The molecule has 0 atom stereocenters. The Balaban J connectivity index is 3.90. The van der Waals surface area contributed by atoms with E-state index in [-0.39, 0.29) is 0 Å². The third-order valence-corrected chi connectivity index (χ3v) is 9.24. The van der Waals surface area contributed by atoms with Gasteiger partial charge in [-0.2, -0.15) is 0 Å². The van der Waals surface area contributed by atoms with Crippen LogP contribution in [0.3, 0.4) is 0 Å². The van der Waals surface area contributed by atoms with E-state index >= 15 is 0 Å². The number of alkyl halides is 3. The number of halogens is 5. The van der Waals surface area contributed by atoms with Gasteiger partial charge in [-0.15, -0.1) is 0 Å². The molecule has 0 aromatic rings. The van der Waals surface area contributed by atoms with Gasteiger partial charge in [0, 0.05) is 0 Å². The van der Waals surface area contributed by atoms with E-state index in [2.05, 4.69) is 6.58 Å². The summed E-state index contributed by atoms with van der Waals surface area (Å²) in [4.78, 5) is 0. The monoisotopic (exact) mass is 458 g/mol. The van der Waals surface area contributed by atoms with E-state index in [1.165, 1.54) is 0 Å². The molecule has 0 aliphatic heterocycles. The topological polar surface area (TPSA) is 0 Å². The molecule has 0 unspecified atom stereocenters. The van der Waals surface area contributed by atoms with Crippen LogP contribution in [0.2, 0.25) is 0 Å². The molecule has 0 saturated heterocycles. The van der Waals surface area contributed by atoms with Gasteiger partial charge in [0.1, 0.15) is 0 Å². The third-order valence-electron chi connectivity index (χ3n) is 0.422. The van der Waals surface area contributed by atoms with Crippen LogP contribution in [-0.2, 0) is 0 Å². The molecule has 0 aliphatic carbocycles. The van der Waals surface area contributed by atoms with Crippen LogP contribution >= 0.6 is 49.1 Å². The average Bonchev–Trinajstić information content (AvgIpc) is 1.67. The van der Waals surface area contributed by atoms with Crippen LogP contribution in [-0.4, -0.2) is 3.93 Å². The molecule has 0 saturated carbocycles. The first kappa shape index (κ1) is 9.79. The normalized spacial score (nSPS) is 13.2. The molecule has 0 bridgehead atoms. The van der Waals surface area contributed by atoms with Gasteiger partial charge < -0.3 is 0 Å². The van der Waals surface area contributed by atoms with Gasteiger partial charge in [0.05, 0.1) is 0 Å². The zero-order chi connectivity index (χ0) is 6.78. The summed E-state index contributed by atoms with van der Waals surface area (Å²) in [6, 6.07) is 0. The van der Waals surface area contributed by atoms with E-state index in [1.54, 1.807) is 0 Å². The van der Waals surface area contributed by atoms with Gasteiger partial charge >= 0.3 is 74.5 Å². The Kier molecular flexibility index (Phi) is 4.70. The summed E-state index contributed by atoms with van der Waals surface area (Å²) < 4.78 is 21.9. The maximum absolute atomic E-state index is 12.2. The fourth-order valence-corrected chi connectivity index (χ4v) is 2.62. The summed E-state index contributed by atoms with van der Waals surface area (Å²) in [7, 11) is 0. The second-order valence-corrected chi connectivity index (χ2v) is 24.9. The van der Waals surface area contributed by atoms with Crippen LogP contribution in [0, 0.1) is 0 Å². The van der Waals surface area contributed by atoms with Crippen molar-refractivity contribution in [3.8, 4) is 0 Å². The SMILES string of the molecule is C=CC(F)(F)I(I)I. The second kappa shape index (κ2) is 3.84. The van der Waals surface area contributed by atoms with E-state index in [0.29, 0.717) is 0 Å². The molecular weight excluding hydrogens is 455 g/mol. The Labute approximate surface area is 73.2 Å². The van der Waals surface area contributed by atoms with Crippen LogP contribution < -0.4 is 0 Å². The van der Waals surface area contributed by atoms with E-state index in [4.69, 9.17) is 0 Å². The number of hydrogen-bond acceptors (Lipinski definition) is 0. The van der Waals surface area contributed by atoms with E-state index in [0.717, 1.165) is 6.08 Å². The molecule has 0 aromatic heterocycles. The molecule has 0 fully saturated rings. The number of allylic oxidation sites excluding steroid dienone is 1. The first-order valence-corrected chi connectivity index (χ1v) is 15.2. The Bertz CT molecular complexity index is 90.5.